The second kappa shape index (κ2) is 6.88. The third-order valence-electron chi connectivity index (χ3n) is 4.18. The number of nitrogens with zero attached hydrogens (tertiary/aromatic N) is 1. The molecule has 6 nitrogen and oxygen atoms in total. The molecule has 0 amide bonds. The molecule has 1 saturated heterocycles. The standard InChI is InChI=1S/C17H19FN2O4S2/c1-13-11-16(7-8-17(13)18)26(23,24)19-14-5-4-6-15(12-14)20-9-2-3-10-25(20,21)22/h4-8,11-12,19H,2-3,9-10H2,1H3. The van der Waals surface area contributed by atoms with E-state index in [4.69, 9.17) is 0 Å². The lowest BCUT2D eigenvalue weighted by Gasteiger charge is -2.28. The van der Waals surface area contributed by atoms with Gasteiger partial charge in [0.1, 0.15) is 5.82 Å². The highest BCUT2D eigenvalue weighted by atomic mass is 32.2. The Bertz CT molecular complexity index is 1040. The Morgan fingerprint density at radius 3 is 2.58 bits per heavy atom. The molecule has 140 valence electrons. The van der Waals surface area contributed by atoms with E-state index in [1.165, 1.54) is 35.5 Å². The highest BCUT2D eigenvalue weighted by Gasteiger charge is 2.26. The van der Waals surface area contributed by atoms with Gasteiger partial charge in [0.25, 0.3) is 10.0 Å². The summed E-state index contributed by atoms with van der Waals surface area (Å²) in [6.45, 7) is 1.85. The van der Waals surface area contributed by atoms with Crippen molar-refractivity contribution in [3.05, 3.63) is 53.8 Å². The molecule has 1 fully saturated rings. The lowest BCUT2D eigenvalue weighted by Crippen LogP contribution is -2.37. The van der Waals surface area contributed by atoms with Crippen LogP contribution >= 0.6 is 0 Å². The number of rotatable bonds is 4. The van der Waals surface area contributed by atoms with Gasteiger partial charge in [0.2, 0.25) is 10.0 Å². The smallest absolute Gasteiger partial charge is 0.261 e. The van der Waals surface area contributed by atoms with Gasteiger partial charge in [-0.25, -0.2) is 21.2 Å². The van der Waals surface area contributed by atoms with Gasteiger partial charge in [-0.1, -0.05) is 6.07 Å². The number of hydrogen-bond acceptors (Lipinski definition) is 4. The summed E-state index contributed by atoms with van der Waals surface area (Å²) in [6.07, 6.45) is 1.37. The molecule has 0 spiro atoms. The van der Waals surface area contributed by atoms with Crippen LogP contribution in [0.15, 0.2) is 47.4 Å². The molecule has 0 bridgehead atoms. The van der Waals surface area contributed by atoms with Crippen molar-refractivity contribution in [2.24, 2.45) is 0 Å². The number of aryl methyl sites for hydroxylation is 1. The largest absolute Gasteiger partial charge is 0.280 e. The summed E-state index contributed by atoms with van der Waals surface area (Å²) in [4.78, 5) is -0.0626. The minimum atomic E-state index is -3.91. The molecular formula is C17H19FN2O4S2. The maximum absolute atomic E-state index is 13.4. The van der Waals surface area contributed by atoms with Crippen molar-refractivity contribution in [3.63, 3.8) is 0 Å². The van der Waals surface area contributed by atoms with Crippen molar-refractivity contribution >= 4 is 31.4 Å². The summed E-state index contributed by atoms with van der Waals surface area (Å²) in [7, 11) is -7.30. The first-order valence-corrected chi connectivity index (χ1v) is 11.2. The first-order chi connectivity index (χ1) is 12.2. The Labute approximate surface area is 152 Å². The van der Waals surface area contributed by atoms with Crippen LogP contribution in [0, 0.1) is 12.7 Å². The normalized spacial score (nSPS) is 17.1. The van der Waals surface area contributed by atoms with Crippen molar-refractivity contribution in [2.45, 2.75) is 24.7 Å². The van der Waals surface area contributed by atoms with Gasteiger partial charge in [-0.2, -0.15) is 0 Å². The first kappa shape index (κ1) is 18.7. The van der Waals surface area contributed by atoms with E-state index in [1.807, 2.05) is 0 Å². The van der Waals surface area contributed by atoms with E-state index < -0.39 is 25.9 Å². The van der Waals surface area contributed by atoms with Crippen LogP contribution < -0.4 is 9.03 Å². The quantitative estimate of drug-likeness (QED) is 0.858. The Morgan fingerprint density at radius 1 is 1.12 bits per heavy atom. The molecule has 0 aromatic heterocycles. The molecule has 0 radical (unpaired) electrons. The lowest BCUT2D eigenvalue weighted by molar-refractivity contribution is 0.574. The number of benzene rings is 2. The Hall–Kier alpha value is -2.13. The zero-order valence-corrected chi connectivity index (χ0v) is 15.8. The summed E-state index contributed by atoms with van der Waals surface area (Å²) in [6, 6.07) is 9.77. The van der Waals surface area contributed by atoms with Gasteiger partial charge in [0, 0.05) is 6.54 Å². The van der Waals surface area contributed by atoms with Crippen molar-refractivity contribution in [1.29, 1.82) is 0 Å². The predicted octanol–water partition coefficient (Wildman–Crippen LogP) is 2.86. The Balaban J connectivity index is 1.90. The fourth-order valence-corrected chi connectivity index (χ4v) is 5.57. The molecule has 2 aromatic rings. The number of halogens is 1. The van der Waals surface area contributed by atoms with Gasteiger partial charge >= 0.3 is 0 Å². The fraction of sp³-hybridized carbons (Fsp3) is 0.294. The van der Waals surface area contributed by atoms with Crippen LogP contribution in [0.5, 0.6) is 0 Å². The van der Waals surface area contributed by atoms with Crippen LogP contribution in [0.4, 0.5) is 15.8 Å². The maximum Gasteiger partial charge on any atom is 0.261 e. The van der Waals surface area contributed by atoms with Crippen molar-refractivity contribution in [3.8, 4) is 0 Å². The van der Waals surface area contributed by atoms with Crippen LogP contribution in [0.1, 0.15) is 18.4 Å². The first-order valence-electron chi connectivity index (χ1n) is 8.08. The topological polar surface area (TPSA) is 83.6 Å². The Morgan fingerprint density at radius 2 is 1.88 bits per heavy atom. The molecule has 9 heteroatoms. The summed E-state index contributed by atoms with van der Waals surface area (Å²) in [5, 5.41) is 0. The number of sulfonamides is 2. The van der Waals surface area contributed by atoms with Gasteiger partial charge in [-0.15, -0.1) is 0 Å². The van der Waals surface area contributed by atoms with Gasteiger partial charge in [-0.05, 0) is 61.7 Å². The number of hydrogen-bond donors (Lipinski definition) is 1. The summed E-state index contributed by atoms with van der Waals surface area (Å²) in [5.74, 6) is -0.404. The molecule has 0 atom stereocenters. The van der Waals surface area contributed by atoms with Gasteiger partial charge in [0.05, 0.1) is 22.0 Å². The summed E-state index contributed by atoms with van der Waals surface area (Å²) >= 11 is 0. The summed E-state index contributed by atoms with van der Waals surface area (Å²) in [5.41, 5.74) is 0.881. The van der Waals surface area contributed by atoms with Gasteiger partial charge < -0.3 is 0 Å². The average molecular weight is 398 g/mol. The fourth-order valence-electron chi connectivity index (χ4n) is 2.80. The van der Waals surface area contributed by atoms with E-state index in [0.29, 0.717) is 18.7 Å². The van der Waals surface area contributed by atoms with Gasteiger partial charge in [0.15, 0.2) is 0 Å². The summed E-state index contributed by atoms with van der Waals surface area (Å²) < 4.78 is 66.6. The van der Waals surface area contributed by atoms with Crippen LogP contribution in [-0.4, -0.2) is 29.1 Å². The number of anilines is 2. The van der Waals surface area contributed by atoms with E-state index in [2.05, 4.69) is 4.72 Å². The van der Waals surface area contributed by atoms with E-state index >= 15 is 0 Å². The predicted molar refractivity (Wildman–Crippen MR) is 98.8 cm³/mol. The van der Waals surface area contributed by atoms with Crippen molar-refractivity contribution in [2.75, 3.05) is 21.3 Å². The molecule has 0 saturated carbocycles. The monoisotopic (exact) mass is 398 g/mol. The average Bonchev–Trinajstić information content (AvgIpc) is 2.56. The number of nitrogens with one attached hydrogen (secondary N) is 1. The highest BCUT2D eigenvalue weighted by Crippen LogP contribution is 2.27. The van der Waals surface area contributed by atoms with Crippen LogP contribution in [0.25, 0.3) is 0 Å². The van der Waals surface area contributed by atoms with Crippen LogP contribution in [0.3, 0.4) is 0 Å². The minimum Gasteiger partial charge on any atom is -0.280 e. The third kappa shape index (κ3) is 3.83. The van der Waals surface area contributed by atoms with Gasteiger partial charge in [-0.3, -0.25) is 9.03 Å². The molecule has 1 N–H and O–H groups in total. The molecule has 3 rings (SSSR count). The van der Waals surface area contributed by atoms with E-state index in [-0.39, 0.29) is 21.9 Å². The molecule has 0 aliphatic carbocycles. The SMILES string of the molecule is Cc1cc(S(=O)(=O)Nc2cccc(N3CCCCS3(=O)=O)c2)ccc1F. The molecular weight excluding hydrogens is 379 g/mol. The molecule has 1 aliphatic rings. The highest BCUT2D eigenvalue weighted by molar-refractivity contribution is 7.93. The van der Waals surface area contributed by atoms with Crippen LogP contribution in [0.2, 0.25) is 0 Å². The molecule has 2 aromatic carbocycles. The lowest BCUT2D eigenvalue weighted by atomic mass is 10.2. The van der Waals surface area contributed by atoms with Crippen LogP contribution in [-0.2, 0) is 20.0 Å². The third-order valence-corrected chi connectivity index (χ3v) is 7.42. The zero-order valence-electron chi connectivity index (χ0n) is 14.1. The van der Waals surface area contributed by atoms with Crippen molar-refractivity contribution in [1.82, 2.24) is 0 Å². The van der Waals surface area contributed by atoms with Crippen molar-refractivity contribution < 1.29 is 21.2 Å². The maximum atomic E-state index is 13.4. The Kier molecular flexibility index (Phi) is 4.94. The molecule has 1 aliphatic heterocycles. The molecule has 26 heavy (non-hydrogen) atoms. The van der Waals surface area contributed by atoms with E-state index in [9.17, 15) is 21.2 Å². The van der Waals surface area contributed by atoms with E-state index in [1.54, 1.807) is 12.1 Å². The zero-order chi connectivity index (χ0) is 18.9. The second-order valence-electron chi connectivity index (χ2n) is 6.16. The minimum absolute atomic E-state index is 0.0626. The van der Waals surface area contributed by atoms with E-state index in [0.717, 1.165) is 12.5 Å². The second-order valence-corrected chi connectivity index (χ2v) is 9.86. The molecule has 0 unspecified atom stereocenters. The molecule has 1 heterocycles.